The topological polar surface area (TPSA) is 9.23 Å². The average Bonchev–Trinajstić information content (AvgIpc) is 3.12. The molecule has 2 atom stereocenters. The molecule has 47 heavy (non-hydrogen) atoms. The smallest absolute Gasteiger partial charge is 0.159 e. The van der Waals surface area contributed by atoms with Crippen molar-refractivity contribution >= 4 is 0 Å². The van der Waals surface area contributed by atoms with Crippen molar-refractivity contribution in [2.24, 2.45) is 11.8 Å². The normalized spacial score (nSPS) is 22.9. The highest BCUT2D eigenvalue weighted by Crippen LogP contribution is 2.41. The van der Waals surface area contributed by atoms with Crippen molar-refractivity contribution in [3.05, 3.63) is 142 Å². The van der Waals surface area contributed by atoms with Crippen molar-refractivity contribution in [1.29, 1.82) is 0 Å². The Hall–Kier alpha value is -3.44. The van der Waals surface area contributed by atoms with Gasteiger partial charge in [0, 0.05) is 0 Å². The number of benzene rings is 4. The van der Waals surface area contributed by atoms with Crippen LogP contribution in [0.25, 0.3) is 0 Å². The third-order valence-electron chi connectivity index (χ3n) is 11.0. The molecule has 2 aliphatic rings. The van der Waals surface area contributed by atoms with Crippen LogP contribution in [0.1, 0.15) is 135 Å². The summed E-state index contributed by atoms with van der Waals surface area (Å²) in [6.07, 6.45) is 10.4. The van der Waals surface area contributed by atoms with Crippen LogP contribution in [0.4, 0.5) is 17.6 Å². The number of hydrogen-bond acceptors (Lipinski definition) is 1. The van der Waals surface area contributed by atoms with E-state index in [9.17, 15) is 17.6 Å². The van der Waals surface area contributed by atoms with Gasteiger partial charge in [0.1, 0.15) is 12.2 Å². The Morgan fingerprint density at radius 3 is 1.13 bits per heavy atom. The van der Waals surface area contributed by atoms with Crippen molar-refractivity contribution in [1.82, 2.24) is 0 Å². The van der Waals surface area contributed by atoms with Gasteiger partial charge in [-0.25, -0.2) is 17.6 Å². The molecule has 0 radical (unpaired) electrons. The number of rotatable bonds is 10. The van der Waals surface area contributed by atoms with E-state index in [1.807, 2.05) is 24.3 Å². The maximum atomic E-state index is 14.6. The molecule has 0 spiro atoms. The lowest BCUT2D eigenvalue weighted by atomic mass is 9.77. The zero-order valence-electron chi connectivity index (χ0n) is 27.5. The minimum absolute atomic E-state index is 0.442. The Kier molecular flexibility index (Phi) is 10.8. The van der Waals surface area contributed by atoms with Gasteiger partial charge < -0.3 is 4.74 Å². The van der Waals surface area contributed by atoms with Gasteiger partial charge in [-0.05, 0) is 133 Å². The second-order valence-electron chi connectivity index (χ2n) is 13.8. The molecule has 0 heterocycles. The summed E-state index contributed by atoms with van der Waals surface area (Å²) in [7, 11) is 0. The molecule has 4 aromatic rings. The molecule has 248 valence electrons. The van der Waals surface area contributed by atoms with Crippen LogP contribution in [-0.4, -0.2) is 0 Å². The molecule has 0 bridgehead atoms. The van der Waals surface area contributed by atoms with Crippen LogP contribution in [0, 0.1) is 35.1 Å². The Balaban J connectivity index is 1.33. The molecule has 0 N–H and O–H groups in total. The summed E-state index contributed by atoms with van der Waals surface area (Å²) >= 11 is 0. The first-order chi connectivity index (χ1) is 22.8. The molecular formula is C42H46F4O. The van der Waals surface area contributed by atoms with Crippen molar-refractivity contribution in [2.75, 3.05) is 0 Å². The van der Waals surface area contributed by atoms with Crippen LogP contribution >= 0.6 is 0 Å². The minimum atomic E-state index is -0.966. The van der Waals surface area contributed by atoms with Crippen LogP contribution in [0.15, 0.2) is 84.9 Å². The van der Waals surface area contributed by atoms with E-state index in [4.69, 9.17) is 4.74 Å². The monoisotopic (exact) mass is 642 g/mol. The van der Waals surface area contributed by atoms with Gasteiger partial charge in [-0.3, -0.25) is 0 Å². The molecule has 0 amide bonds. The van der Waals surface area contributed by atoms with E-state index in [0.29, 0.717) is 23.0 Å². The molecule has 6 rings (SSSR count). The molecule has 0 aliphatic heterocycles. The van der Waals surface area contributed by atoms with Crippen molar-refractivity contribution in [3.8, 4) is 0 Å². The quantitative estimate of drug-likeness (QED) is 0.156. The summed E-state index contributed by atoms with van der Waals surface area (Å²) in [6, 6.07) is 24.1. The Labute approximate surface area is 277 Å². The molecule has 1 nitrogen and oxygen atoms in total. The van der Waals surface area contributed by atoms with Gasteiger partial charge in [0.2, 0.25) is 0 Å². The molecule has 0 saturated heterocycles. The van der Waals surface area contributed by atoms with Crippen molar-refractivity contribution in [2.45, 2.75) is 102 Å². The summed E-state index contributed by atoms with van der Waals surface area (Å²) in [6.45, 7) is 4.52. The largest absolute Gasteiger partial charge is 0.356 e. The van der Waals surface area contributed by atoms with Crippen LogP contribution in [-0.2, 0) is 4.74 Å². The Morgan fingerprint density at radius 2 is 0.809 bits per heavy atom. The fourth-order valence-electron chi connectivity index (χ4n) is 7.88. The second-order valence-corrected chi connectivity index (χ2v) is 13.8. The lowest BCUT2D eigenvalue weighted by molar-refractivity contribution is 0.0304. The highest BCUT2D eigenvalue weighted by molar-refractivity contribution is 5.37. The first kappa shape index (κ1) is 33.5. The third-order valence-corrected chi connectivity index (χ3v) is 11.0. The van der Waals surface area contributed by atoms with Crippen LogP contribution < -0.4 is 0 Å². The zero-order chi connectivity index (χ0) is 32.9. The van der Waals surface area contributed by atoms with Crippen molar-refractivity contribution < 1.29 is 22.3 Å². The molecule has 4 aromatic carbocycles. The average molecular weight is 643 g/mol. The lowest BCUT2D eigenvalue weighted by Gasteiger charge is -2.30. The molecule has 2 unspecified atom stereocenters. The summed E-state index contributed by atoms with van der Waals surface area (Å²) in [4.78, 5) is 0. The predicted molar refractivity (Wildman–Crippen MR) is 180 cm³/mol. The number of halogens is 4. The van der Waals surface area contributed by atoms with Gasteiger partial charge in [-0.15, -0.1) is 0 Å². The molecule has 2 fully saturated rings. The molecule has 2 saturated carbocycles. The van der Waals surface area contributed by atoms with Crippen LogP contribution in [0.3, 0.4) is 0 Å². The van der Waals surface area contributed by atoms with E-state index in [1.54, 1.807) is 0 Å². The van der Waals surface area contributed by atoms with E-state index in [-0.39, 0.29) is 0 Å². The summed E-state index contributed by atoms with van der Waals surface area (Å²) < 4.78 is 64.3. The predicted octanol–water partition coefficient (Wildman–Crippen LogP) is 12.5. The second kappa shape index (κ2) is 15.2. The standard InChI is InChI=1S/C42H46F4O/c1-3-27-5-9-29(10-6-27)31-13-17-33(18-14-31)41(35-21-23-37(43)39(45)25-35)47-42(36-22-24-38(44)40(46)26-36)34-19-15-32(16-20-34)30-11-7-28(4-2)8-12-30/h13-30,41-42H,3-12H2,1-2H3. The fraction of sp³-hybridized carbons (Fsp3) is 0.429. The maximum Gasteiger partial charge on any atom is 0.159 e. The van der Waals surface area contributed by atoms with Crippen LogP contribution in [0.5, 0.6) is 0 Å². The minimum Gasteiger partial charge on any atom is -0.356 e. The zero-order valence-corrected chi connectivity index (χ0v) is 27.5. The van der Waals surface area contributed by atoms with Crippen molar-refractivity contribution in [3.63, 3.8) is 0 Å². The first-order valence-electron chi connectivity index (χ1n) is 17.6. The van der Waals surface area contributed by atoms with E-state index in [1.165, 1.54) is 61.8 Å². The van der Waals surface area contributed by atoms with E-state index >= 15 is 0 Å². The summed E-state index contributed by atoms with van der Waals surface area (Å²) in [5, 5.41) is 0. The maximum absolute atomic E-state index is 14.6. The third kappa shape index (κ3) is 7.83. The van der Waals surface area contributed by atoms with Crippen LogP contribution in [0.2, 0.25) is 0 Å². The molecule has 5 heteroatoms. The van der Waals surface area contributed by atoms with E-state index < -0.39 is 35.5 Å². The van der Waals surface area contributed by atoms with Gasteiger partial charge >= 0.3 is 0 Å². The highest BCUT2D eigenvalue weighted by atomic mass is 19.2. The number of ether oxygens (including phenoxy) is 1. The van der Waals surface area contributed by atoms with E-state index in [0.717, 1.165) is 72.9 Å². The Bertz CT molecular complexity index is 1480. The van der Waals surface area contributed by atoms with E-state index in [2.05, 4.69) is 38.1 Å². The molecule has 2 aliphatic carbocycles. The van der Waals surface area contributed by atoms with Gasteiger partial charge in [-0.2, -0.15) is 0 Å². The number of hydrogen-bond donors (Lipinski definition) is 0. The van der Waals surface area contributed by atoms with Gasteiger partial charge in [0.25, 0.3) is 0 Å². The SMILES string of the molecule is CCC1CCC(c2ccc(C(OC(c3ccc(C4CCC(CC)CC4)cc3)c3ccc(F)c(F)c3)c3ccc(F)c(F)c3)cc2)CC1. The Morgan fingerprint density at radius 1 is 0.468 bits per heavy atom. The summed E-state index contributed by atoms with van der Waals surface area (Å²) in [5.74, 6) is -1.21. The van der Waals surface area contributed by atoms with Gasteiger partial charge in [0.05, 0.1) is 0 Å². The lowest BCUT2D eigenvalue weighted by Crippen LogP contribution is -2.15. The summed E-state index contributed by atoms with van der Waals surface area (Å²) in [5.41, 5.74) is 4.98. The highest BCUT2D eigenvalue weighted by Gasteiger charge is 2.27. The van der Waals surface area contributed by atoms with Gasteiger partial charge in [-0.1, -0.05) is 87.4 Å². The first-order valence-corrected chi connectivity index (χ1v) is 17.6. The molecule has 0 aromatic heterocycles. The fourth-order valence-corrected chi connectivity index (χ4v) is 7.88. The van der Waals surface area contributed by atoms with Gasteiger partial charge in [0.15, 0.2) is 23.3 Å². The molecular weight excluding hydrogens is 596 g/mol.